The Balaban J connectivity index is 1.78. The number of hydrogen-bond donors (Lipinski definition) is 0. The van der Waals surface area contributed by atoms with Crippen molar-refractivity contribution in [3.05, 3.63) is 81.4 Å². The van der Waals surface area contributed by atoms with Gasteiger partial charge in [-0.25, -0.2) is 9.78 Å². The van der Waals surface area contributed by atoms with E-state index in [1.165, 1.54) is 10.5 Å². The van der Waals surface area contributed by atoms with Crippen molar-refractivity contribution < 1.29 is 9.53 Å². The van der Waals surface area contributed by atoms with E-state index >= 15 is 0 Å². The first-order chi connectivity index (χ1) is 11.6. The van der Waals surface area contributed by atoms with Crippen molar-refractivity contribution in [2.24, 2.45) is 0 Å². The average molecular weight is 322 g/mol. The molecule has 0 fully saturated rings. The maximum Gasteiger partial charge on any atom is 0.338 e. The Labute approximate surface area is 139 Å². The van der Waals surface area contributed by atoms with Gasteiger partial charge >= 0.3 is 5.97 Å². The lowest BCUT2D eigenvalue weighted by Crippen LogP contribution is -2.17. The van der Waals surface area contributed by atoms with Gasteiger partial charge in [0.15, 0.2) is 0 Å². The van der Waals surface area contributed by atoms with Crippen molar-refractivity contribution in [3.8, 4) is 0 Å². The summed E-state index contributed by atoms with van der Waals surface area (Å²) < 4.78 is 6.76. The first kappa shape index (κ1) is 15.9. The first-order valence-electron chi connectivity index (χ1n) is 7.82. The fraction of sp³-hybridized carbons (Fsp3) is 0.211. The van der Waals surface area contributed by atoms with Crippen molar-refractivity contribution in [2.75, 3.05) is 0 Å². The van der Waals surface area contributed by atoms with E-state index in [1.54, 1.807) is 24.4 Å². The van der Waals surface area contributed by atoms with Gasteiger partial charge in [-0.3, -0.25) is 9.20 Å². The van der Waals surface area contributed by atoms with Gasteiger partial charge in [0.05, 0.1) is 11.3 Å². The standard InChI is InChI=1S/C19H18N2O3/c1-3-14-6-8-15(9-7-14)19(23)24-12-16-11-17(22)21-10-4-5-13(2)18(21)20-16/h4-11H,3,12H2,1-2H3. The SMILES string of the molecule is CCc1ccc(C(=O)OCc2cc(=O)n3cccc(C)c3n2)cc1. The van der Waals surface area contributed by atoms with Crippen LogP contribution >= 0.6 is 0 Å². The van der Waals surface area contributed by atoms with Crippen molar-refractivity contribution >= 4 is 11.6 Å². The Kier molecular flexibility index (Phi) is 4.42. The van der Waals surface area contributed by atoms with Crippen LogP contribution in [-0.2, 0) is 17.8 Å². The van der Waals surface area contributed by atoms with Crippen molar-refractivity contribution in [1.29, 1.82) is 0 Å². The predicted molar refractivity (Wildman–Crippen MR) is 91.1 cm³/mol. The largest absolute Gasteiger partial charge is 0.456 e. The summed E-state index contributed by atoms with van der Waals surface area (Å²) in [7, 11) is 0. The first-order valence-corrected chi connectivity index (χ1v) is 7.82. The lowest BCUT2D eigenvalue weighted by Gasteiger charge is -2.07. The molecule has 3 rings (SSSR count). The summed E-state index contributed by atoms with van der Waals surface area (Å²) in [4.78, 5) is 28.6. The highest BCUT2D eigenvalue weighted by atomic mass is 16.5. The summed E-state index contributed by atoms with van der Waals surface area (Å²) in [6, 6.07) is 12.4. The minimum atomic E-state index is -0.426. The lowest BCUT2D eigenvalue weighted by molar-refractivity contribution is 0.0467. The van der Waals surface area contributed by atoms with Crippen LogP contribution in [0, 0.1) is 6.92 Å². The molecular weight excluding hydrogens is 304 g/mol. The normalized spacial score (nSPS) is 10.8. The van der Waals surface area contributed by atoms with Crippen LogP contribution in [0.25, 0.3) is 5.65 Å². The van der Waals surface area contributed by atoms with Crippen LogP contribution in [0.15, 0.2) is 53.5 Å². The highest BCUT2D eigenvalue weighted by Crippen LogP contribution is 2.09. The van der Waals surface area contributed by atoms with E-state index in [-0.39, 0.29) is 12.2 Å². The number of nitrogens with zero attached hydrogens (tertiary/aromatic N) is 2. The Hall–Kier alpha value is -2.95. The number of carbonyl (C=O) groups excluding carboxylic acids is 1. The fourth-order valence-corrected chi connectivity index (χ4v) is 2.48. The number of rotatable bonds is 4. The molecule has 0 atom stereocenters. The van der Waals surface area contributed by atoms with Gasteiger partial charge in [0.25, 0.3) is 5.56 Å². The number of esters is 1. The highest BCUT2D eigenvalue weighted by molar-refractivity contribution is 5.89. The van der Waals surface area contributed by atoms with Crippen LogP contribution in [0.3, 0.4) is 0 Å². The molecule has 0 aliphatic carbocycles. The number of aromatic nitrogens is 2. The van der Waals surface area contributed by atoms with Gasteiger partial charge in [-0.05, 0) is 42.7 Å². The average Bonchev–Trinajstić information content (AvgIpc) is 2.60. The summed E-state index contributed by atoms with van der Waals surface area (Å²) in [5, 5.41) is 0. The minimum Gasteiger partial charge on any atom is -0.456 e. The Morgan fingerprint density at radius 3 is 2.67 bits per heavy atom. The van der Waals surface area contributed by atoms with Crippen LogP contribution < -0.4 is 5.56 Å². The second-order valence-corrected chi connectivity index (χ2v) is 5.60. The molecular formula is C19H18N2O3. The molecule has 2 aromatic heterocycles. The van der Waals surface area contributed by atoms with Crippen LogP contribution in [0.5, 0.6) is 0 Å². The van der Waals surface area contributed by atoms with E-state index in [0.717, 1.165) is 17.5 Å². The number of aryl methyl sites for hydroxylation is 2. The summed E-state index contributed by atoms with van der Waals surface area (Å²) in [5.74, 6) is -0.426. The lowest BCUT2D eigenvalue weighted by atomic mass is 10.1. The van der Waals surface area contributed by atoms with E-state index < -0.39 is 5.97 Å². The van der Waals surface area contributed by atoms with Crippen LogP contribution in [0.1, 0.15) is 34.1 Å². The number of hydrogen-bond acceptors (Lipinski definition) is 4. The molecule has 0 aliphatic rings. The third kappa shape index (κ3) is 3.20. The number of ether oxygens (including phenoxy) is 1. The zero-order valence-corrected chi connectivity index (χ0v) is 13.7. The molecule has 0 bridgehead atoms. The highest BCUT2D eigenvalue weighted by Gasteiger charge is 2.10. The van der Waals surface area contributed by atoms with Gasteiger partial charge in [0, 0.05) is 12.3 Å². The van der Waals surface area contributed by atoms with Crippen molar-refractivity contribution in [2.45, 2.75) is 26.9 Å². The molecule has 24 heavy (non-hydrogen) atoms. The van der Waals surface area contributed by atoms with E-state index in [2.05, 4.69) is 11.9 Å². The number of benzene rings is 1. The summed E-state index contributed by atoms with van der Waals surface area (Å²) >= 11 is 0. The van der Waals surface area contributed by atoms with E-state index in [9.17, 15) is 9.59 Å². The van der Waals surface area contributed by atoms with Crippen LogP contribution in [0.2, 0.25) is 0 Å². The molecule has 1 aromatic carbocycles. The molecule has 0 saturated heterocycles. The molecule has 0 amide bonds. The molecule has 0 saturated carbocycles. The molecule has 0 spiro atoms. The van der Waals surface area contributed by atoms with E-state index in [0.29, 0.717) is 16.9 Å². The molecule has 122 valence electrons. The maximum atomic E-state index is 12.1. The molecule has 0 radical (unpaired) electrons. The van der Waals surface area contributed by atoms with Gasteiger partial charge in [-0.2, -0.15) is 0 Å². The molecule has 5 heteroatoms. The third-order valence-electron chi connectivity index (χ3n) is 3.89. The predicted octanol–water partition coefficient (Wildman–Crippen LogP) is 2.92. The van der Waals surface area contributed by atoms with Gasteiger partial charge in [-0.15, -0.1) is 0 Å². The van der Waals surface area contributed by atoms with E-state index in [1.807, 2.05) is 25.1 Å². The summed E-state index contributed by atoms with van der Waals surface area (Å²) in [6.07, 6.45) is 2.59. The third-order valence-corrected chi connectivity index (χ3v) is 3.89. The number of carbonyl (C=O) groups is 1. The zero-order valence-electron chi connectivity index (χ0n) is 13.7. The molecule has 0 aliphatic heterocycles. The molecule has 2 heterocycles. The van der Waals surface area contributed by atoms with Crippen LogP contribution in [0.4, 0.5) is 0 Å². The van der Waals surface area contributed by atoms with E-state index in [4.69, 9.17) is 4.74 Å². The Morgan fingerprint density at radius 2 is 1.96 bits per heavy atom. The second kappa shape index (κ2) is 6.66. The zero-order chi connectivity index (χ0) is 17.1. The van der Waals surface area contributed by atoms with Gasteiger partial charge in [0.2, 0.25) is 0 Å². The quantitative estimate of drug-likeness (QED) is 0.693. The Morgan fingerprint density at radius 1 is 1.21 bits per heavy atom. The second-order valence-electron chi connectivity index (χ2n) is 5.60. The smallest absolute Gasteiger partial charge is 0.338 e. The molecule has 3 aromatic rings. The maximum absolute atomic E-state index is 12.1. The minimum absolute atomic E-state index is 0.0333. The summed E-state index contributed by atoms with van der Waals surface area (Å²) in [6.45, 7) is 3.90. The van der Waals surface area contributed by atoms with Crippen LogP contribution in [-0.4, -0.2) is 15.4 Å². The van der Waals surface area contributed by atoms with Gasteiger partial charge in [-0.1, -0.05) is 25.1 Å². The molecule has 0 unspecified atom stereocenters. The fourth-order valence-electron chi connectivity index (χ4n) is 2.48. The van der Waals surface area contributed by atoms with Gasteiger partial charge in [0.1, 0.15) is 12.3 Å². The number of pyridine rings is 1. The van der Waals surface area contributed by atoms with Crippen molar-refractivity contribution in [1.82, 2.24) is 9.38 Å². The van der Waals surface area contributed by atoms with Gasteiger partial charge < -0.3 is 4.74 Å². The Bertz CT molecular complexity index is 943. The summed E-state index contributed by atoms with van der Waals surface area (Å²) in [5.41, 5.74) is 3.35. The van der Waals surface area contributed by atoms with Crippen molar-refractivity contribution in [3.63, 3.8) is 0 Å². The number of fused-ring (bicyclic) bond motifs is 1. The molecule has 5 nitrogen and oxygen atoms in total. The molecule has 0 N–H and O–H groups in total. The topological polar surface area (TPSA) is 60.7 Å². The monoisotopic (exact) mass is 322 g/mol.